The van der Waals surface area contributed by atoms with E-state index < -0.39 is 0 Å². The number of nitro groups is 1. The van der Waals surface area contributed by atoms with Crippen LogP contribution in [0.2, 0.25) is 0 Å². The second-order valence-electron chi connectivity index (χ2n) is 5.49. The quantitative estimate of drug-likeness (QED) is 0.466. The van der Waals surface area contributed by atoms with E-state index in [4.69, 9.17) is 0 Å². The van der Waals surface area contributed by atoms with Gasteiger partial charge in [-0.2, -0.15) is 0 Å². The first kappa shape index (κ1) is 14.4. The van der Waals surface area contributed by atoms with Crippen molar-refractivity contribution in [3.8, 4) is 0 Å². The Morgan fingerprint density at radius 2 is 1.83 bits per heavy atom. The molecule has 18 heavy (non-hydrogen) atoms. The molecule has 0 aliphatic carbocycles. The fourth-order valence-corrected chi connectivity index (χ4v) is 1.57. The van der Waals surface area contributed by atoms with Gasteiger partial charge in [-0.1, -0.05) is 45.0 Å². The maximum atomic E-state index is 10.3. The summed E-state index contributed by atoms with van der Waals surface area (Å²) in [7, 11) is 0. The lowest BCUT2D eigenvalue weighted by molar-refractivity contribution is -0.463. The van der Waals surface area contributed by atoms with Crippen molar-refractivity contribution in [2.24, 2.45) is 4.99 Å². The van der Waals surface area contributed by atoms with Gasteiger partial charge in [-0.3, -0.25) is 15.1 Å². The monoisotopic (exact) mass is 248 g/mol. The van der Waals surface area contributed by atoms with E-state index in [0.29, 0.717) is 12.3 Å². The summed E-state index contributed by atoms with van der Waals surface area (Å²) < 4.78 is 0. The molecular formula is C14H20N2O2. The molecule has 98 valence electrons. The zero-order valence-corrected chi connectivity index (χ0v) is 11.4. The highest BCUT2D eigenvalue weighted by Crippen LogP contribution is 2.22. The van der Waals surface area contributed by atoms with Gasteiger partial charge in [-0.05, 0) is 23.5 Å². The van der Waals surface area contributed by atoms with Crippen molar-refractivity contribution in [1.82, 2.24) is 0 Å². The Bertz CT molecular complexity index is 442. The number of benzene rings is 1. The predicted molar refractivity (Wildman–Crippen MR) is 73.8 cm³/mol. The van der Waals surface area contributed by atoms with E-state index in [-0.39, 0.29) is 16.9 Å². The van der Waals surface area contributed by atoms with Crippen molar-refractivity contribution in [3.63, 3.8) is 0 Å². The maximum Gasteiger partial charge on any atom is 0.241 e. The molecule has 4 nitrogen and oxygen atoms in total. The van der Waals surface area contributed by atoms with Crippen LogP contribution < -0.4 is 0 Å². The third kappa shape index (κ3) is 4.65. The van der Waals surface area contributed by atoms with Crippen molar-refractivity contribution >= 4 is 5.71 Å². The highest BCUT2D eigenvalue weighted by Gasteiger charge is 2.12. The third-order valence-corrected chi connectivity index (χ3v) is 2.71. The van der Waals surface area contributed by atoms with Gasteiger partial charge in [0.05, 0.1) is 12.3 Å². The molecule has 0 aromatic heterocycles. The fraction of sp³-hybridized carbons (Fsp3) is 0.500. The van der Waals surface area contributed by atoms with Gasteiger partial charge in [0.2, 0.25) is 6.54 Å². The Hall–Kier alpha value is -1.71. The standard InChI is InChI=1S/C14H20N2O2/c1-11(10-16(17)18)15-9-12-5-7-13(8-6-12)14(2,3)4/h5-8H,9-10H2,1-4H3. The lowest BCUT2D eigenvalue weighted by Gasteiger charge is -2.18. The topological polar surface area (TPSA) is 55.5 Å². The van der Waals surface area contributed by atoms with Gasteiger partial charge in [0.1, 0.15) is 0 Å². The summed E-state index contributed by atoms with van der Waals surface area (Å²) in [6.07, 6.45) is 0. The minimum Gasteiger partial charge on any atom is -0.283 e. The molecule has 1 aromatic carbocycles. The molecule has 1 aromatic rings. The molecule has 0 spiro atoms. The molecule has 0 aliphatic heterocycles. The highest BCUT2D eigenvalue weighted by molar-refractivity contribution is 5.82. The highest BCUT2D eigenvalue weighted by atomic mass is 16.6. The zero-order chi connectivity index (χ0) is 13.8. The molecule has 0 bridgehead atoms. The van der Waals surface area contributed by atoms with Crippen LogP contribution in [0, 0.1) is 10.1 Å². The van der Waals surface area contributed by atoms with Crippen molar-refractivity contribution in [1.29, 1.82) is 0 Å². The molecule has 0 atom stereocenters. The summed E-state index contributed by atoms with van der Waals surface area (Å²) in [6, 6.07) is 8.24. The van der Waals surface area contributed by atoms with Gasteiger partial charge in [0.15, 0.2) is 0 Å². The molecule has 0 aliphatic rings. The Kier molecular flexibility index (Phi) is 4.59. The smallest absolute Gasteiger partial charge is 0.241 e. The van der Waals surface area contributed by atoms with Crippen LogP contribution in [0.3, 0.4) is 0 Å². The Morgan fingerprint density at radius 1 is 1.28 bits per heavy atom. The van der Waals surface area contributed by atoms with Crippen molar-refractivity contribution in [3.05, 3.63) is 45.5 Å². The summed E-state index contributed by atoms with van der Waals surface area (Å²) in [5.74, 6) is 0. The SMILES string of the molecule is CC(C[N+](=O)[O-])=NCc1ccc(C(C)(C)C)cc1. The number of aliphatic imine (C=N–C) groups is 1. The predicted octanol–water partition coefficient (Wildman–Crippen LogP) is 3.22. The van der Waals surface area contributed by atoms with Crippen LogP contribution >= 0.6 is 0 Å². The van der Waals surface area contributed by atoms with Gasteiger partial charge in [0, 0.05) is 4.92 Å². The van der Waals surface area contributed by atoms with Crippen LogP contribution in [-0.4, -0.2) is 17.2 Å². The first-order valence-electron chi connectivity index (χ1n) is 6.00. The largest absolute Gasteiger partial charge is 0.283 e. The van der Waals surface area contributed by atoms with E-state index in [1.807, 2.05) is 12.1 Å². The van der Waals surface area contributed by atoms with Crippen LogP contribution in [0.15, 0.2) is 29.3 Å². The van der Waals surface area contributed by atoms with Crippen LogP contribution in [0.4, 0.5) is 0 Å². The molecular weight excluding hydrogens is 228 g/mol. The first-order valence-corrected chi connectivity index (χ1v) is 6.00. The Morgan fingerprint density at radius 3 is 2.28 bits per heavy atom. The summed E-state index contributed by atoms with van der Waals surface area (Å²) in [4.78, 5) is 14.1. The number of hydrogen-bond donors (Lipinski definition) is 0. The Labute approximate surface area is 108 Å². The molecule has 1 rings (SSSR count). The van der Waals surface area contributed by atoms with E-state index in [1.54, 1.807) is 6.92 Å². The lowest BCUT2D eigenvalue weighted by atomic mass is 9.87. The number of rotatable bonds is 4. The average molecular weight is 248 g/mol. The maximum absolute atomic E-state index is 10.3. The van der Waals surface area contributed by atoms with Gasteiger partial charge in [-0.15, -0.1) is 0 Å². The third-order valence-electron chi connectivity index (χ3n) is 2.71. The van der Waals surface area contributed by atoms with Crippen LogP contribution in [-0.2, 0) is 12.0 Å². The van der Waals surface area contributed by atoms with Crippen molar-refractivity contribution in [2.75, 3.05) is 6.54 Å². The Balaban J connectivity index is 2.67. The second kappa shape index (κ2) is 5.76. The molecule has 0 unspecified atom stereocenters. The van der Waals surface area contributed by atoms with Gasteiger partial charge >= 0.3 is 0 Å². The summed E-state index contributed by atoms with van der Waals surface area (Å²) in [5, 5.41) is 10.3. The molecule has 0 saturated heterocycles. The van der Waals surface area contributed by atoms with E-state index in [9.17, 15) is 10.1 Å². The molecule has 0 N–H and O–H groups in total. The summed E-state index contributed by atoms with van der Waals surface area (Å²) in [6.45, 7) is 8.51. The van der Waals surface area contributed by atoms with Crippen LogP contribution in [0.25, 0.3) is 0 Å². The fourth-order valence-electron chi connectivity index (χ4n) is 1.57. The molecule has 0 radical (unpaired) electrons. The average Bonchev–Trinajstić information content (AvgIpc) is 2.25. The number of nitrogens with zero attached hydrogens (tertiary/aromatic N) is 2. The van der Waals surface area contributed by atoms with E-state index in [1.165, 1.54) is 5.56 Å². The lowest BCUT2D eigenvalue weighted by Crippen LogP contribution is -2.11. The molecule has 0 heterocycles. The van der Waals surface area contributed by atoms with Crippen molar-refractivity contribution in [2.45, 2.75) is 39.7 Å². The summed E-state index contributed by atoms with van der Waals surface area (Å²) >= 11 is 0. The molecule has 0 amide bonds. The van der Waals surface area contributed by atoms with Crippen LogP contribution in [0.1, 0.15) is 38.8 Å². The normalized spacial score (nSPS) is 12.6. The van der Waals surface area contributed by atoms with Crippen LogP contribution in [0.5, 0.6) is 0 Å². The zero-order valence-electron chi connectivity index (χ0n) is 11.4. The minimum absolute atomic E-state index is 0.142. The summed E-state index contributed by atoms with van der Waals surface area (Å²) in [5.41, 5.74) is 3.05. The second-order valence-corrected chi connectivity index (χ2v) is 5.49. The van der Waals surface area contributed by atoms with Gasteiger partial charge in [0.25, 0.3) is 0 Å². The van der Waals surface area contributed by atoms with E-state index >= 15 is 0 Å². The van der Waals surface area contributed by atoms with E-state index in [0.717, 1.165) is 5.56 Å². The van der Waals surface area contributed by atoms with E-state index in [2.05, 4.69) is 37.9 Å². The minimum atomic E-state index is -0.360. The van der Waals surface area contributed by atoms with Gasteiger partial charge in [-0.25, -0.2) is 0 Å². The van der Waals surface area contributed by atoms with Gasteiger partial charge < -0.3 is 0 Å². The molecule has 0 fully saturated rings. The van der Waals surface area contributed by atoms with Crippen molar-refractivity contribution < 1.29 is 4.92 Å². The molecule has 0 saturated carbocycles. The molecule has 4 heteroatoms. The first-order chi connectivity index (χ1) is 8.29. The number of hydrogen-bond acceptors (Lipinski definition) is 3.